The number of hydrogen-bond acceptors (Lipinski definition) is 3. The van der Waals surface area contributed by atoms with Crippen LogP contribution in [0.5, 0.6) is 0 Å². The molecule has 1 fully saturated rings. The lowest BCUT2D eigenvalue weighted by atomic mass is 9.93. The predicted molar refractivity (Wildman–Crippen MR) is 93.8 cm³/mol. The normalized spacial score (nSPS) is 20.8. The van der Waals surface area contributed by atoms with Crippen molar-refractivity contribution in [2.24, 2.45) is 0 Å². The standard InChI is InChI=1S/C18H22ClN3O2/c1-11-17(19)12(2)22(21-11)15-7-3-13(4-8-15)18(24)20-14-5-9-16(23)10-6-14/h3-4,7-8,14,16,23H,5-6,9-10H2,1-2H3,(H,20,24). The molecule has 1 aliphatic carbocycles. The topological polar surface area (TPSA) is 67.2 Å². The summed E-state index contributed by atoms with van der Waals surface area (Å²) in [5.74, 6) is -0.0747. The molecule has 0 aliphatic heterocycles. The Bertz CT molecular complexity index is 731. The summed E-state index contributed by atoms with van der Waals surface area (Å²) in [6.45, 7) is 3.79. The van der Waals surface area contributed by atoms with Gasteiger partial charge in [0.15, 0.2) is 0 Å². The fourth-order valence-corrected chi connectivity index (χ4v) is 3.24. The monoisotopic (exact) mass is 347 g/mol. The molecule has 0 atom stereocenters. The van der Waals surface area contributed by atoms with E-state index in [0.29, 0.717) is 10.6 Å². The summed E-state index contributed by atoms with van der Waals surface area (Å²) in [5, 5.41) is 17.7. The minimum Gasteiger partial charge on any atom is -0.393 e. The number of nitrogens with one attached hydrogen (secondary N) is 1. The van der Waals surface area contributed by atoms with Gasteiger partial charge in [-0.05, 0) is 63.8 Å². The van der Waals surface area contributed by atoms with Gasteiger partial charge in [0.1, 0.15) is 0 Å². The molecule has 1 aliphatic rings. The highest BCUT2D eigenvalue weighted by atomic mass is 35.5. The zero-order chi connectivity index (χ0) is 17.3. The van der Waals surface area contributed by atoms with Crippen molar-refractivity contribution in [1.82, 2.24) is 15.1 Å². The maximum absolute atomic E-state index is 12.4. The van der Waals surface area contributed by atoms with Gasteiger partial charge in [-0.25, -0.2) is 4.68 Å². The van der Waals surface area contributed by atoms with Gasteiger partial charge in [-0.3, -0.25) is 4.79 Å². The van der Waals surface area contributed by atoms with Crippen molar-refractivity contribution in [1.29, 1.82) is 0 Å². The molecule has 1 heterocycles. The third-order valence-electron chi connectivity index (χ3n) is 4.61. The van der Waals surface area contributed by atoms with Crippen LogP contribution in [0.1, 0.15) is 47.4 Å². The van der Waals surface area contributed by atoms with Crippen LogP contribution >= 0.6 is 11.6 Å². The van der Waals surface area contributed by atoms with E-state index < -0.39 is 0 Å². The van der Waals surface area contributed by atoms with Crippen molar-refractivity contribution in [3.05, 3.63) is 46.2 Å². The van der Waals surface area contributed by atoms with E-state index in [1.165, 1.54) is 0 Å². The number of nitrogens with zero attached hydrogens (tertiary/aromatic N) is 2. The van der Waals surface area contributed by atoms with Gasteiger partial charge in [-0.1, -0.05) is 11.6 Å². The molecule has 1 saturated carbocycles. The molecule has 1 aromatic heterocycles. The maximum atomic E-state index is 12.4. The molecule has 24 heavy (non-hydrogen) atoms. The summed E-state index contributed by atoms with van der Waals surface area (Å²) in [5.41, 5.74) is 3.17. The number of hydrogen-bond donors (Lipinski definition) is 2. The Kier molecular flexibility index (Phi) is 4.92. The van der Waals surface area contributed by atoms with Crippen LogP contribution in [0.3, 0.4) is 0 Å². The second-order valence-electron chi connectivity index (χ2n) is 6.42. The fraction of sp³-hybridized carbons (Fsp3) is 0.444. The predicted octanol–water partition coefficient (Wildman–Crippen LogP) is 3.18. The molecule has 1 aromatic carbocycles. The smallest absolute Gasteiger partial charge is 0.251 e. The molecule has 6 heteroatoms. The molecule has 2 N–H and O–H groups in total. The number of aliphatic hydroxyl groups is 1. The van der Waals surface area contributed by atoms with E-state index in [1.807, 2.05) is 26.0 Å². The quantitative estimate of drug-likeness (QED) is 0.896. The van der Waals surface area contributed by atoms with Gasteiger partial charge < -0.3 is 10.4 Å². The molecule has 1 amide bonds. The maximum Gasteiger partial charge on any atom is 0.251 e. The Balaban J connectivity index is 1.70. The van der Waals surface area contributed by atoms with E-state index >= 15 is 0 Å². The highest BCUT2D eigenvalue weighted by Crippen LogP contribution is 2.23. The van der Waals surface area contributed by atoms with E-state index in [-0.39, 0.29) is 18.1 Å². The number of aryl methyl sites for hydroxylation is 1. The van der Waals surface area contributed by atoms with E-state index in [9.17, 15) is 9.90 Å². The zero-order valence-electron chi connectivity index (χ0n) is 13.9. The highest BCUT2D eigenvalue weighted by molar-refractivity contribution is 6.31. The van der Waals surface area contributed by atoms with Gasteiger partial charge in [0, 0.05) is 11.6 Å². The highest BCUT2D eigenvalue weighted by Gasteiger charge is 2.21. The molecule has 0 unspecified atom stereocenters. The van der Waals surface area contributed by atoms with Crippen LogP contribution in [0.4, 0.5) is 0 Å². The first-order valence-electron chi connectivity index (χ1n) is 8.27. The van der Waals surface area contributed by atoms with Crippen molar-refractivity contribution < 1.29 is 9.90 Å². The molecular formula is C18H22ClN3O2. The Morgan fingerprint density at radius 3 is 2.38 bits per heavy atom. The van der Waals surface area contributed by atoms with Crippen LogP contribution in [0.2, 0.25) is 5.02 Å². The number of carbonyl (C=O) groups is 1. The summed E-state index contributed by atoms with van der Waals surface area (Å²) < 4.78 is 1.78. The number of aromatic nitrogens is 2. The van der Waals surface area contributed by atoms with Gasteiger partial charge in [0.25, 0.3) is 5.91 Å². The summed E-state index contributed by atoms with van der Waals surface area (Å²) in [6, 6.07) is 7.49. The van der Waals surface area contributed by atoms with Crippen LogP contribution < -0.4 is 5.32 Å². The minimum atomic E-state index is -0.218. The lowest BCUT2D eigenvalue weighted by molar-refractivity contribution is 0.0867. The first-order chi connectivity index (χ1) is 11.5. The second-order valence-corrected chi connectivity index (χ2v) is 6.80. The Morgan fingerprint density at radius 2 is 1.83 bits per heavy atom. The number of amides is 1. The summed E-state index contributed by atoms with van der Waals surface area (Å²) >= 11 is 6.18. The number of rotatable bonds is 3. The number of carbonyl (C=O) groups excluding carboxylic acids is 1. The number of benzene rings is 1. The number of halogens is 1. The van der Waals surface area contributed by atoms with Gasteiger partial charge in [-0.2, -0.15) is 5.10 Å². The Hall–Kier alpha value is -1.85. The molecular weight excluding hydrogens is 326 g/mol. The van der Waals surface area contributed by atoms with E-state index in [2.05, 4.69) is 10.4 Å². The first-order valence-corrected chi connectivity index (χ1v) is 8.64. The largest absolute Gasteiger partial charge is 0.393 e. The minimum absolute atomic E-state index is 0.0747. The zero-order valence-corrected chi connectivity index (χ0v) is 14.7. The average molecular weight is 348 g/mol. The van der Waals surface area contributed by atoms with Crippen LogP contribution in [-0.2, 0) is 0 Å². The summed E-state index contributed by atoms with van der Waals surface area (Å²) in [6.07, 6.45) is 2.94. The van der Waals surface area contributed by atoms with Crippen molar-refractivity contribution in [2.45, 2.75) is 51.7 Å². The van der Waals surface area contributed by atoms with Crippen molar-refractivity contribution in [3.8, 4) is 5.69 Å². The summed E-state index contributed by atoms with van der Waals surface area (Å²) in [4.78, 5) is 12.4. The van der Waals surface area contributed by atoms with E-state index in [4.69, 9.17) is 11.6 Å². The molecule has 0 spiro atoms. The fourth-order valence-electron chi connectivity index (χ4n) is 3.12. The third-order valence-corrected chi connectivity index (χ3v) is 5.16. The lowest BCUT2D eigenvalue weighted by Crippen LogP contribution is -2.38. The van der Waals surface area contributed by atoms with E-state index in [0.717, 1.165) is 42.8 Å². The Morgan fingerprint density at radius 1 is 1.21 bits per heavy atom. The van der Waals surface area contributed by atoms with Gasteiger partial charge in [0.05, 0.1) is 28.2 Å². The number of aliphatic hydroxyl groups excluding tert-OH is 1. The Labute approximate surface area is 146 Å². The van der Waals surface area contributed by atoms with Gasteiger partial charge in [0.2, 0.25) is 0 Å². The molecule has 3 rings (SSSR count). The molecule has 2 aromatic rings. The molecule has 5 nitrogen and oxygen atoms in total. The van der Waals surface area contributed by atoms with Crippen LogP contribution in [0.15, 0.2) is 24.3 Å². The van der Waals surface area contributed by atoms with Crippen molar-refractivity contribution in [2.75, 3.05) is 0 Å². The molecule has 0 bridgehead atoms. The van der Waals surface area contributed by atoms with Crippen molar-refractivity contribution in [3.63, 3.8) is 0 Å². The van der Waals surface area contributed by atoms with Gasteiger partial charge >= 0.3 is 0 Å². The molecule has 0 radical (unpaired) electrons. The van der Waals surface area contributed by atoms with Crippen LogP contribution in [0, 0.1) is 13.8 Å². The van der Waals surface area contributed by atoms with E-state index in [1.54, 1.807) is 16.8 Å². The van der Waals surface area contributed by atoms with Crippen LogP contribution in [0.25, 0.3) is 5.69 Å². The third kappa shape index (κ3) is 3.47. The molecule has 0 saturated heterocycles. The molecule has 128 valence electrons. The van der Waals surface area contributed by atoms with Crippen LogP contribution in [-0.4, -0.2) is 32.9 Å². The summed E-state index contributed by atoms with van der Waals surface area (Å²) in [7, 11) is 0. The first kappa shape index (κ1) is 17.0. The SMILES string of the molecule is Cc1nn(-c2ccc(C(=O)NC3CCC(O)CC3)cc2)c(C)c1Cl. The lowest BCUT2D eigenvalue weighted by Gasteiger charge is -2.26. The van der Waals surface area contributed by atoms with Gasteiger partial charge in [-0.15, -0.1) is 0 Å². The van der Waals surface area contributed by atoms with Crippen molar-refractivity contribution >= 4 is 17.5 Å². The second kappa shape index (κ2) is 6.95. The average Bonchev–Trinajstić information content (AvgIpc) is 2.84.